The van der Waals surface area contributed by atoms with Crippen molar-refractivity contribution in [2.45, 2.75) is 65.1 Å². The molecule has 7 nitrogen and oxygen atoms in total. The summed E-state index contributed by atoms with van der Waals surface area (Å²) >= 11 is 13.0. The van der Waals surface area contributed by atoms with Crippen molar-refractivity contribution in [2.75, 3.05) is 17.1 Å². The topological polar surface area (TPSA) is 86.8 Å². The van der Waals surface area contributed by atoms with Crippen molar-refractivity contribution in [1.82, 2.24) is 10.2 Å². The second-order valence-corrected chi connectivity index (χ2v) is 13.2. The molecule has 226 valence electrons. The Labute approximate surface area is 259 Å². The molecule has 3 aromatic rings. The van der Waals surface area contributed by atoms with Gasteiger partial charge in [0.1, 0.15) is 6.04 Å². The van der Waals surface area contributed by atoms with Gasteiger partial charge in [-0.15, -0.1) is 0 Å². The lowest BCUT2D eigenvalue weighted by Gasteiger charge is -2.33. The molecule has 0 unspecified atom stereocenters. The molecule has 0 bridgehead atoms. The molecule has 0 aliphatic rings. The highest BCUT2D eigenvalue weighted by Gasteiger charge is 2.32. The van der Waals surface area contributed by atoms with Gasteiger partial charge in [-0.05, 0) is 56.5 Å². The number of benzene rings is 3. The number of carbonyl (C=O) groups excluding carboxylic acids is 2. The first-order valence-electron chi connectivity index (χ1n) is 14.0. The highest BCUT2D eigenvalue weighted by Crippen LogP contribution is 2.28. The highest BCUT2D eigenvalue weighted by molar-refractivity contribution is 7.92. The molecule has 1 N–H and O–H groups in total. The fourth-order valence-electron chi connectivity index (χ4n) is 4.56. The summed E-state index contributed by atoms with van der Waals surface area (Å²) in [5.74, 6) is -0.578. The fraction of sp³-hybridized carbons (Fsp3) is 0.375. The third-order valence-electron chi connectivity index (χ3n) is 7.14. The molecule has 0 radical (unpaired) electrons. The number of carbonyl (C=O) groups is 2. The van der Waals surface area contributed by atoms with E-state index < -0.39 is 16.1 Å². The molecule has 0 spiro atoms. The number of hydrogen-bond acceptors (Lipinski definition) is 4. The van der Waals surface area contributed by atoms with Crippen molar-refractivity contribution in [3.63, 3.8) is 0 Å². The van der Waals surface area contributed by atoms with E-state index in [4.69, 9.17) is 23.2 Å². The van der Waals surface area contributed by atoms with E-state index in [9.17, 15) is 18.0 Å². The van der Waals surface area contributed by atoms with Crippen LogP contribution in [0.4, 0.5) is 5.69 Å². The average Bonchev–Trinajstić information content (AvgIpc) is 2.94. The Hall–Kier alpha value is -3.07. The number of hydrogen-bond donors (Lipinski definition) is 1. The van der Waals surface area contributed by atoms with Gasteiger partial charge in [-0.2, -0.15) is 0 Å². The number of amides is 2. The van der Waals surface area contributed by atoms with Crippen molar-refractivity contribution in [1.29, 1.82) is 0 Å². The lowest BCUT2D eigenvalue weighted by Crippen LogP contribution is -2.52. The summed E-state index contributed by atoms with van der Waals surface area (Å²) < 4.78 is 26.5. The van der Waals surface area contributed by atoms with Gasteiger partial charge in [0, 0.05) is 47.6 Å². The Balaban J connectivity index is 1.93. The Morgan fingerprint density at radius 1 is 0.929 bits per heavy atom. The van der Waals surface area contributed by atoms with Gasteiger partial charge in [-0.3, -0.25) is 13.9 Å². The predicted octanol–water partition coefficient (Wildman–Crippen LogP) is 6.40. The van der Waals surface area contributed by atoms with E-state index in [2.05, 4.69) is 5.32 Å². The molecule has 0 saturated heterocycles. The first-order valence-corrected chi connectivity index (χ1v) is 16.6. The minimum absolute atomic E-state index is 0.0157. The van der Waals surface area contributed by atoms with E-state index >= 15 is 0 Å². The van der Waals surface area contributed by atoms with Gasteiger partial charge in [0.15, 0.2) is 0 Å². The molecule has 0 aliphatic heterocycles. The van der Waals surface area contributed by atoms with Crippen LogP contribution in [0.15, 0.2) is 72.8 Å². The molecular weight excluding hydrogens is 593 g/mol. The van der Waals surface area contributed by atoms with E-state index in [-0.39, 0.29) is 50.2 Å². The summed E-state index contributed by atoms with van der Waals surface area (Å²) in [7, 11) is -3.59. The van der Waals surface area contributed by atoms with Gasteiger partial charge in [-0.25, -0.2) is 8.42 Å². The SMILES string of the molecule is CC[C@H](C)NC(=O)[C@@H](Cc1ccccc1)N(Cc1c(Cl)cccc1Cl)C(=O)CCCN(c1ccc(C)cc1)S(C)(=O)=O. The molecule has 2 amide bonds. The number of nitrogens with zero attached hydrogens (tertiary/aromatic N) is 2. The summed E-state index contributed by atoms with van der Waals surface area (Å²) in [5, 5.41) is 3.82. The first kappa shape index (κ1) is 33.4. The maximum Gasteiger partial charge on any atom is 0.243 e. The van der Waals surface area contributed by atoms with Gasteiger partial charge in [0.05, 0.1) is 11.9 Å². The van der Waals surface area contributed by atoms with Crippen LogP contribution >= 0.6 is 23.2 Å². The largest absolute Gasteiger partial charge is 0.352 e. The molecule has 0 heterocycles. The molecule has 42 heavy (non-hydrogen) atoms. The second-order valence-electron chi connectivity index (χ2n) is 10.5. The second kappa shape index (κ2) is 15.4. The predicted molar refractivity (Wildman–Crippen MR) is 171 cm³/mol. The molecule has 0 aliphatic carbocycles. The van der Waals surface area contributed by atoms with Gasteiger partial charge in [0.25, 0.3) is 0 Å². The van der Waals surface area contributed by atoms with Crippen LogP contribution in [0.1, 0.15) is 49.8 Å². The number of rotatable bonds is 14. The van der Waals surface area contributed by atoms with Crippen LogP contribution in [-0.2, 0) is 32.6 Å². The van der Waals surface area contributed by atoms with Crippen LogP contribution in [0, 0.1) is 6.92 Å². The van der Waals surface area contributed by atoms with E-state index in [1.165, 1.54) is 9.21 Å². The number of nitrogens with one attached hydrogen (secondary N) is 1. The van der Waals surface area contributed by atoms with E-state index in [0.717, 1.165) is 23.8 Å². The molecule has 3 aromatic carbocycles. The van der Waals surface area contributed by atoms with Gasteiger partial charge < -0.3 is 10.2 Å². The molecule has 0 saturated carbocycles. The third-order valence-corrected chi connectivity index (χ3v) is 9.04. The summed E-state index contributed by atoms with van der Waals surface area (Å²) in [6, 6.07) is 20.9. The number of halogens is 2. The minimum Gasteiger partial charge on any atom is -0.352 e. The Morgan fingerprint density at radius 3 is 2.12 bits per heavy atom. The Kier molecular flexibility index (Phi) is 12.3. The van der Waals surface area contributed by atoms with Gasteiger partial charge in [0.2, 0.25) is 21.8 Å². The molecular formula is C32H39Cl2N3O4S. The first-order chi connectivity index (χ1) is 19.9. The van der Waals surface area contributed by atoms with Gasteiger partial charge in [-0.1, -0.05) is 84.2 Å². The smallest absolute Gasteiger partial charge is 0.243 e. The zero-order valence-electron chi connectivity index (χ0n) is 24.5. The zero-order chi connectivity index (χ0) is 30.9. The average molecular weight is 633 g/mol. The van der Waals surface area contributed by atoms with E-state index in [0.29, 0.717) is 21.3 Å². The zero-order valence-corrected chi connectivity index (χ0v) is 26.8. The summed E-state index contributed by atoms with van der Waals surface area (Å²) in [6.45, 7) is 5.95. The van der Waals surface area contributed by atoms with Crippen LogP contribution in [0.3, 0.4) is 0 Å². The maximum absolute atomic E-state index is 14.0. The summed E-state index contributed by atoms with van der Waals surface area (Å²) in [6.07, 6.45) is 2.43. The van der Waals surface area contributed by atoms with Crippen molar-refractivity contribution >= 4 is 50.7 Å². The lowest BCUT2D eigenvalue weighted by molar-refractivity contribution is -0.141. The number of aryl methyl sites for hydroxylation is 1. The van der Waals surface area contributed by atoms with Crippen LogP contribution in [0.25, 0.3) is 0 Å². The maximum atomic E-state index is 14.0. The van der Waals surface area contributed by atoms with E-state index in [1.54, 1.807) is 30.3 Å². The third kappa shape index (κ3) is 9.48. The molecule has 2 atom stereocenters. The number of anilines is 1. The quantitative estimate of drug-likeness (QED) is 0.223. The van der Waals surface area contributed by atoms with Crippen LogP contribution < -0.4 is 9.62 Å². The Morgan fingerprint density at radius 2 is 1.55 bits per heavy atom. The molecule has 0 aromatic heterocycles. The standard InChI is InChI=1S/C32H39Cl2N3O4S/c1-5-24(3)35-32(39)30(21-25-11-7-6-8-12-25)36(22-27-28(33)13-9-14-29(27)34)31(38)15-10-20-37(42(4,40)41)26-18-16-23(2)17-19-26/h6-9,11-14,16-19,24,30H,5,10,15,20-22H2,1-4H3,(H,35,39)/t24-,30+/m0/s1. The van der Waals surface area contributed by atoms with Gasteiger partial charge >= 0.3 is 0 Å². The van der Waals surface area contributed by atoms with Crippen LogP contribution in [-0.4, -0.2) is 50.0 Å². The number of sulfonamides is 1. The summed E-state index contributed by atoms with van der Waals surface area (Å²) in [5.41, 5.74) is 2.98. The fourth-order valence-corrected chi connectivity index (χ4v) is 6.05. The lowest BCUT2D eigenvalue weighted by atomic mass is 10.0. The molecule has 0 fully saturated rings. The monoisotopic (exact) mass is 631 g/mol. The Bertz CT molecular complexity index is 1430. The summed E-state index contributed by atoms with van der Waals surface area (Å²) in [4.78, 5) is 29.2. The van der Waals surface area contributed by atoms with Crippen molar-refractivity contribution in [2.24, 2.45) is 0 Å². The van der Waals surface area contributed by atoms with Crippen molar-refractivity contribution in [3.05, 3.63) is 99.5 Å². The van der Waals surface area contributed by atoms with Crippen LogP contribution in [0.5, 0.6) is 0 Å². The normalized spacial score (nSPS) is 12.8. The molecule has 3 rings (SSSR count). The molecule has 10 heteroatoms. The van der Waals surface area contributed by atoms with Crippen molar-refractivity contribution < 1.29 is 18.0 Å². The minimum atomic E-state index is -3.59. The van der Waals surface area contributed by atoms with Crippen molar-refractivity contribution in [3.8, 4) is 0 Å². The highest BCUT2D eigenvalue weighted by atomic mass is 35.5. The van der Waals surface area contributed by atoms with Crippen LogP contribution in [0.2, 0.25) is 10.0 Å². The van der Waals surface area contributed by atoms with E-state index in [1.807, 2.05) is 63.2 Å².